The van der Waals surface area contributed by atoms with Gasteiger partial charge in [0.05, 0.1) is 0 Å². The quantitative estimate of drug-likeness (QED) is 0.369. The fourth-order valence-electron chi connectivity index (χ4n) is 3.32. The summed E-state index contributed by atoms with van der Waals surface area (Å²) in [5, 5.41) is 0. The third-order valence-electron chi connectivity index (χ3n) is 5.76. The van der Waals surface area contributed by atoms with Gasteiger partial charge in [-0.15, -0.1) is 0 Å². The molecule has 0 radical (unpaired) electrons. The predicted octanol–water partition coefficient (Wildman–Crippen LogP) is 5.35. The lowest BCUT2D eigenvalue weighted by Crippen LogP contribution is -2.44. The van der Waals surface area contributed by atoms with E-state index in [0.717, 1.165) is 37.2 Å². The van der Waals surface area contributed by atoms with E-state index >= 15 is 0 Å². The smallest absolute Gasteiger partial charge is 0.223 e. The van der Waals surface area contributed by atoms with Gasteiger partial charge in [0.15, 0.2) is 0 Å². The van der Waals surface area contributed by atoms with Gasteiger partial charge in [0, 0.05) is 48.5 Å². The van der Waals surface area contributed by atoms with Crippen LogP contribution in [0, 0.1) is 0 Å². The Labute approximate surface area is 172 Å². The SMILES string of the molecule is CCC(C)N(C(=O)CCSCCC(=O)N(C(C)CC)C(C)CC)C(C)CC. The van der Waals surface area contributed by atoms with Crippen molar-refractivity contribution in [3.8, 4) is 0 Å². The van der Waals surface area contributed by atoms with Crippen LogP contribution in [-0.2, 0) is 9.59 Å². The Balaban J connectivity index is 4.43. The van der Waals surface area contributed by atoms with Crippen LogP contribution < -0.4 is 0 Å². The molecule has 0 saturated carbocycles. The topological polar surface area (TPSA) is 40.6 Å². The van der Waals surface area contributed by atoms with Gasteiger partial charge in [-0.1, -0.05) is 27.7 Å². The van der Waals surface area contributed by atoms with Crippen molar-refractivity contribution in [2.45, 2.75) is 118 Å². The van der Waals surface area contributed by atoms with E-state index in [1.807, 2.05) is 0 Å². The van der Waals surface area contributed by atoms with Gasteiger partial charge in [0.2, 0.25) is 11.8 Å². The number of nitrogens with zero attached hydrogens (tertiary/aromatic N) is 2. The summed E-state index contributed by atoms with van der Waals surface area (Å²) < 4.78 is 0. The molecular formula is C22H44N2O2S. The Morgan fingerprint density at radius 2 is 0.889 bits per heavy atom. The molecule has 0 spiro atoms. The molecule has 0 aromatic rings. The normalized spacial score (nSPS) is 15.7. The second-order valence-electron chi connectivity index (χ2n) is 7.74. The number of thioether (sulfide) groups is 1. The molecule has 0 N–H and O–H groups in total. The number of carbonyl (C=O) groups excluding carboxylic acids is 2. The third-order valence-corrected chi connectivity index (χ3v) is 6.74. The molecular weight excluding hydrogens is 356 g/mol. The Morgan fingerprint density at radius 1 is 0.630 bits per heavy atom. The lowest BCUT2D eigenvalue weighted by atomic mass is 10.1. The van der Waals surface area contributed by atoms with E-state index < -0.39 is 0 Å². The minimum Gasteiger partial charge on any atom is -0.337 e. The van der Waals surface area contributed by atoms with E-state index in [1.54, 1.807) is 11.8 Å². The van der Waals surface area contributed by atoms with Crippen molar-refractivity contribution in [2.75, 3.05) is 11.5 Å². The molecule has 4 unspecified atom stereocenters. The first-order valence-corrected chi connectivity index (χ1v) is 12.1. The van der Waals surface area contributed by atoms with Crippen LogP contribution in [0.25, 0.3) is 0 Å². The van der Waals surface area contributed by atoms with Gasteiger partial charge in [0.25, 0.3) is 0 Å². The molecule has 0 aromatic heterocycles. The van der Waals surface area contributed by atoms with Crippen molar-refractivity contribution >= 4 is 23.6 Å². The molecule has 27 heavy (non-hydrogen) atoms. The van der Waals surface area contributed by atoms with Crippen LogP contribution in [0.1, 0.15) is 93.9 Å². The Kier molecular flexibility index (Phi) is 13.9. The molecule has 4 atom stereocenters. The van der Waals surface area contributed by atoms with Crippen LogP contribution in [0.4, 0.5) is 0 Å². The summed E-state index contributed by atoms with van der Waals surface area (Å²) in [6.45, 7) is 17.1. The third kappa shape index (κ3) is 8.89. The molecule has 4 nitrogen and oxygen atoms in total. The van der Waals surface area contributed by atoms with Crippen molar-refractivity contribution in [2.24, 2.45) is 0 Å². The number of hydrogen-bond donors (Lipinski definition) is 0. The summed E-state index contributed by atoms with van der Waals surface area (Å²) in [5.74, 6) is 2.08. The zero-order valence-electron chi connectivity index (χ0n) is 19.1. The van der Waals surface area contributed by atoms with Gasteiger partial charge < -0.3 is 9.80 Å². The first-order chi connectivity index (χ1) is 12.7. The van der Waals surface area contributed by atoms with E-state index in [1.165, 1.54) is 0 Å². The van der Waals surface area contributed by atoms with Crippen LogP contribution >= 0.6 is 11.8 Å². The Morgan fingerprint density at radius 3 is 1.11 bits per heavy atom. The lowest BCUT2D eigenvalue weighted by molar-refractivity contribution is -0.136. The summed E-state index contributed by atoms with van der Waals surface area (Å²) >= 11 is 1.73. The zero-order valence-corrected chi connectivity index (χ0v) is 19.9. The monoisotopic (exact) mass is 400 g/mol. The number of carbonyl (C=O) groups is 2. The fourth-order valence-corrected chi connectivity index (χ4v) is 4.16. The van der Waals surface area contributed by atoms with Crippen molar-refractivity contribution in [3.63, 3.8) is 0 Å². The Hall–Kier alpha value is -0.710. The first kappa shape index (κ1) is 26.3. The van der Waals surface area contributed by atoms with Gasteiger partial charge in [-0.25, -0.2) is 0 Å². The molecule has 0 aliphatic rings. The predicted molar refractivity (Wildman–Crippen MR) is 119 cm³/mol. The highest BCUT2D eigenvalue weighted by molar-refractivity contribution is 7.99. The van der Waals surface area contributed by atoms with Gasteiger partial charge in [-0.3, -0.25) is 9.59 Å². The molecule has 0 heterocycles. The zero-order chi connectivity index (χ0) is 21.0. The lowest BCUT2D eigenvalue weighted by Gasteiger charge is -2.34. The van der Waals surface area contributed by atoms with Gasteiger partial charge in [-0.05, 0) is 53.4 Å². The maximum absolute atomic E-state index is 12.6. The molecule has 2 amide bonds. The second-order valence-corrected chi connectivity index (χ2v) is 8.97. The largest absolute Gasteiger partial charge is 0.337 e. The fraction of sp³-hybridized carbons (Fsp3) is 0.909. The van der Waals surface area contributed by atoms with E-state index in [9.17, 15) is 9.59 Å². The molecule has 0 fully saturated rings. The molecule has 5 heteroatoms. The molecule has 0 aliphatic heterocycles. The average Bonchev–Trinajstić information content (AvgIpc) is 2.66. The standard InChI is InChI=1S/C22H44N2O2S/c1-9-17(5)23(18(6)10-2)21(25)13-15-27-16-14-22(26)24(19(7)11-3)20(8)12-4/h17-20H,9-16H2,1-8H3. The highest BCUT2D eigenvalue weighted by Crippen LogP contribution is 2.17. The maximum Gasteiger partial charge on any atom is 0.223 e. The molecule has 0 saturated heterocycles. The summed E-state index contributed by atoms with van der Waals surface area (Å²) in [6, 6.07) is 1.16. The highest BCUT2D eigenvalue weighted by atomic mass is 32.2. The van der Waals surface area contributed by atoms with E-state index in [-0.39, 0.29) is 11.8 Å². The summed E-state index contributed by atoms with van der Waals surface area (Å²) in [7, 11) is 0. The van der Waals surface area contributed by atoms with Gasteiger partial charge in [-0.2, -0.15) is 11.8 Å². The maximum atomic E-state index is 12.6. The summed E-state index contributed by atoms with van der Waals surface area (Å²) in [4.78, 5) is 29.4. The minimum atomic E-state index is 0.248. The number of amides is 2. The van der Waals surface area contributed by atoms with Gasteiger partial charge in [0.1, 0.15) is 0 Å². The van der Waals surface area contributed by atoms with Crippen molar-refractivity contribution in [1.29, 1.82) is 0 Å². The molecule has 160 valence electrons. The van der Waals surface area contributed by atoms with Crippen LogP contribution in [0.15, 0.2) is 0 Å². The van der Waals surface area contributed by atoms with Crippen LogP contribution in [-0.4, -0.2) is 57.3 Å². The van der Waals surface area contributed by atoms with E-state index in [2.05, 4.69) is 65.2 Å². The van der Waals surface area contributed by atoms with Crippen LogP contribution in [0.3, 0.4) is 0 Å². The van der Waals surface area contributed by atoms with Crippen LogP contribution in [0.2, 0.25) is 0 Å². The summed E-state index contributed by atoms with van der Waals surface area (Å²) in [5.41, 5.74) is 0. The van der Waals surface area contributed by atoms with Gasteiger partial charge >= 0.3 is 0 Å². The van der Waals surface area contributed by atoms with Crippen molar-refractivity contribution < 1.29 is 9.59 Å². The van der Waals surface area contributed by atoms with E-state index in [0.29, 0.717) is 37.0 Å². The molecule has 0 bridgehead atoms. The summed E-state index contributed by atoms with van der Waals surface area (Å²) in [6.07, 6.45) is 5.07. The average molecular weight is 401 g/mol. The van der Waals surface area contributed by atoms with E-state index in [4.69, 9.17) is 0 Å². The number of hydrogen-bond acceptors (Lipinski definition) is 3. The highest BCUT2D eigenvalue weighted by Gasteiger charge is 2.24. The van der Waals surface area contributed by atoms with Crippen molar-refractivity contribution in [3.05, 3.63) is 0 Å². The van der Waals surface area contributed by atoms with Crippen molar-refractivity contribution in [1.82, 2.24) is 9.80 Å². The first-order valence-electron chi connectivity index (χ1n) is 10.9. The number of rotatable bonds is 14. The minimum absolute atomic E-state index is 0.248. The second kappa shape index (κ2) is 14.3. The van der Waals surface area contributed by atoms with Crippen LogP contribution in [0.5, 0.6) is 0 Å². The molecule has 0 aromatic carbocycles. The Bertz CT molecular complexity index is 373. The molecule has 0 aliphatic carbocycles. The molecule has 0 rings (SSSR count).